The summed E-state index contributed by atoms with van der Waals surface area (Å²) in [5, 5.41) is 0. The number of rotatable bonds is 0. The molecule has 0 saturated carbocycles. The Balaban J connectivity index is 0.000000205. The minimum absolute atomic E-state index is 0. The smallest absolute Gasteiger partial charge is 0.186 e. The summed E-state index contributed by atoms with van der Waals surface area (Å²) in [6, 6.07) is 0. The summed E-state index contributed by atoms with van der Waals surface area (Å²) >= 11 is 0. The minimum atomic E-state index is -0.0478. The molecule has 0 aromatic rings. The van der Waals surface area contributed by atoms with Crippen LogP contribution in [-0.4, -0.2) is 11.6 Å². The summed E-state index contributed by atoms with van der Waals surface area (Å²) in [7, 11) is 0. The molecule has 3 aliphatic rings. The largest absolute Gasteiger partial charge is 0.290 e. The van der Waals surface area contributed by atoms with Gasteiger partial charge in [-0.15, -0.1) is 0 Å². The first-order valence-corrected chi connectivity index (χ1v) is 5.27. The zero-order chi connectivity index (χ0) is 11.4. The predicted octanol–water partition coefficient (Wildman–Crippen LogP) is 2.45. The zero-order valence-electron chi connectivity index (χ0n) is 9.20. The molecule has 0 spiro atoms. The van der Waals surface area contributed by atoms with Crippen LogP contribution in [0, 0.1) is 0 Å². The number of hydrogen-bond acceptors (Lipinski definition) is 2. The fourth-order valence-corrected chi connectivity index (χ4v) is 1.70. The molecular weight excluding hydrogens is 256 g/mol. The number of allylic oxidation sites excluding steroid dienone is 10. The quantitative estimate of drug-likeness (QED) is 0.499. The van der Waals surface area contributed by atoms with E-state index in [1.54, 1.807) is 6.08 Å². The van der Waals surface area contributed by atoms with E-state index in [-0.39, 0.29) is 28.6 Å². The first-order chi connectivity index (χ1) is 7.79. The Bertz CT molecular complexity index is 466. The molecule has 0 aromatic carbocycles. The maximum Gasteiger partial charge on any atom is 0.186 e. The molecule has 0 heterocycles. The van der Waals surface area contributed by atoms with Crippen molar-refractivity contribution in [2.24, 2.45) is 0 Å². The van der Waals surface area contributed by atoms with Gasteiger partial charge >= 0.3 is 0 Å². The first-order valence-electron chi connectivity index (χ1n) is 5.27. The third-order valence-electron chi connectivity index (χ3n) is 2.54. The molecule has 0 unspecified atom stereocenters. The Morgan fingerprint density at radius 2 is 1.47 bits per heavy atom. The second-order valence-corrected chi connectivity index (χ2v) is 3.65. The third-order valence-corrected chi connectivity index (χ3v) is 2.54. The van der Waals surface area contributed by atoms with E-state index in [0.717, 1.165) is 6.42 Å². The predicted molar refractivity (Wildman–Crippen MR) is 62.8 cm³/mol. The molecule has 0 fully saturated rings. The maximum absolute atomic E-state index is 11.1. The van der Waals surface area contributed by atoms with Gasteiger partial charge in [0, 0.05) is 28.2 Å². The van der Waals surface area contributed by atoms with Gasteiger partial charge in [0.25, 0.3) is 0 Å². The number of hydrogen-bond donors (Lipinski definition) is 0. The summed E-state index contributed by atoms with van der Waals surface area (Å²) in [5.41, 5.74) is 1.23. The average molecular weight is 268 g/mol. The molecule has 88 valence electrons. The summed E-state index contributed by atoms with van der Waals surface area (Å²) in [6.45, 7) is 0. The molecular formula is C14H12FeO2. The molecule has 0 bridgehead atoms. The number of ketones is 2. The fourth-order valence-electron chi connectivity index (χ4n) is 1.70. The Morgan fingerprint density at radius 1 is 0.824 bits per heavy atom. The van der Waals surface area contributed by atoms with Crippen LogP contribution in [-0.2, 0) is 26.7 Å². The molecule has 3 rings (SSSR count). The van der Waals surface area contributed by atoms with Gasteiger partial charge in [-0.05, 0) is 25.0 Å². The Hall–Kier alpha value is -1.44. The summed E-state index contributed by atoms with van der Waals surface area (Å²) < 4.78 is 0. The van der Waals surface area contributed by atoms with Crippen molar-refractivity contribution in [1.29, 1.82) is 0 Å². The van der Waals surface area contributed by atoms with E-state index < -0.39 is 0 Å². The van der Waals surface area contributed by atoms with Gasteiger partial charge in [-0.2, -0.15) is 0 Å². The van der Waals surface area contributed by atoms with Crippen molar-refractivity contribution in [3.8, 4) is 0 Å². The van der Waals surface area contributed by atoms with E-state index in [9.17, 15) is 9.59 Å². The summed E-state index contributed by atoms with van der Waals surface area (Å²) in [5.74, 6) is -0.0713. The van der Waals surface area contributed by atoms with Gasteiger partial charge in [-0.3, -0.25) is 9.59 Å². The molecule has 3 aliphatic carbocycles. The van der Waals surface area contributed by atoms with Crippen LogP contribution in [0.1, 0.15) is 12.8 Å². The Kier molecular flexibility index (Phi) is 5.08. The van der Waals surface area contributed by atoms with Gasteiger partial charge in [0.05, 0.1) is 0 Å². The van der Waals surface area contributed by atoms with Crippen LogP contribution in [0.2, 0.25) is 0 Å². The van der Waals surface area contributed by atoms with Crippen LogP contribution >= 0.6 is 0 Å². The van der Waals surface area contributed by atoms with Gasteiger partial charge in [-0.25, -0.2) is 0 Å². The van der Waals surface area contributed by atoms with E-state index in [2.05, 4.69) is 24.3 Å². The molecule has 0 atom stereocenters. The van der Waals surface area contributed by atoms with E-state index in [4.69, 9.17) is 0 Å². The zero-order valence-corrected chi connectivity index (χ0v) is 10.3. The van der Waals surface area contributed by atoms with Crippen LogP contribution in [0.4, 0.5) is 0 Å². The molecule has 0 radical (unpaired) electrons. The van der Waals surface area contributed by atoms with Crippen molar-refractivity contribution in [2.45, 2.75) is 12.8 Å². The average Bonchev–Trinajstić information content (AvgIpc) is 2.94. The van der Waals surface area contributed by atoms with E-state index in [1.165, 1.54) is 12.2 Å². The van der Waals surface area contributed by atoms with E-state index in [0.29, 0.717) is 17.6 Å². The molecule has 0 N–H and O–H groups in total. The molecule has 3 heteroatoms. The van der Waals surface area contributed by atoms with Gasteiger partial charge in [0.1, 0.15) is 0 Å². The van der Waals surface area contributed by atoms with Gasteiger partial charge in [-0.1, -0.05) is 36.5 Å². The van der Waals surface area contributed by atoms with Crippen molar-refractivity contribution in [3.05, 3.63) is 59.8 Å². The normalized spacial score (nSPS) is 19.1. The van der Waals surface area contributed by atoms with Crippen LogP contribution < -0.4 is 0 Å². The van der Waals surface area contributed by atoms with Crippen molar-refractivity contribution in [2.75, 3.05) is 0 Å². The summed E-state index contributed by atoms with van der Waals surface area (Å²) in [6.07, 6.45) is 16.3. The van der Waals surface area contributed by atoms with E-state index in [1.807, 2.05) is 6.08 Å². The number of carbonyl (C=O) groups is 2. The number of carbonyl (C=O) groups excluding carboxylic acids is 2. The standard InChI is InChI=1S/C9H6O2.C5H6.Fe/c10-8-4-5-9(11)7-3-1-2-6(7)8;1-2-4-5-3-1;/h1-2,4-5H,3H2;1-4H,5H2;. The molecule has 17 heavy (non-hydrogen) atoms. The van der Waals surface area contributed by atoms with Crippen LogP contribution in [0.3, 0.4) is 0 Å². The SMILES string of the molecule is C1=CCC=C1.O=C1C=CC(=O)C2=C1C=CC2.[Fe]. The van der Waals surface area contributed by atoms with Gasteiger partial charge in [0.15, 0.2) is 11.6 Å². The molecule has 0 aromatic heterocycles. The topological polar surface area (TPSA) is 34.1 Å². The third kappa shape index (κ3) is 3.26. The Labute approximate surface area is 111 Å². The fraction of sp³-hybridized carbons (Fsp3) is 0.143. The second-order valence-electron chi connectivity index (χ2n) is 3.65. The van der Waals surface area contributed by atoms with Crippen molar-refractivity contribution < 1.29 is 26.7 Å². The van der Waals surface area contributed by atoms with Gasteiger partial charge < -0.3 is 0 Å². The van der Waals surface area contributed by atoms with Crippen LogP contribution in [0.15, 0.2) is 59.8 Å². The first kappa shape index (κ1) is 13.6. The molecule has 2 nitrogen and oxygen atoms in total. The maximum atomic E-state index is 11.1. The van der Waals surface area contributed by atoms with E-state index >= 15 is 0 Å². The molecule has 0 saturated heterocycles. The summed E-state index contributed by atoms with van der Waals surface area (Å²) in [4.78, 5) is 22.2. The van der Waals surface area contributed by atoms with Crippen molar-refractivity contribution in [1.82, 2.24) is 0 Å². The molecule has 0 amide bonds. The van der Waals surface area contributed by atoms with Crippen molar-refractivity contribution in [3.63, 3.8) is 0 Å². The van der Waals surface area contributed by atoms with Gasteiger partial charge in [0.2, 0.25) is 0 Å². The Morgan fingerprint density at radius 3 is 2.00 bits per heavy atom. The van der Waals surface area contributed by atoms with Crippen LogP contribution in [0.25, 0.3) is 0 Å². The monoisotopic (exact) mass is 268 g/mol. The minimum Gasteiger partial charge on any atom is -0.290 e. The van der Waals surface area contributed by atoms with Crippen molar-refractivity contribution >= 4 is 11.6 Å². The molecule has 0 aliphatic heterocycles. The van der Waals surface area contributed by atoms with Crippen LogP contribution in [0.5, 0.6) is 0 Å². The second kappa shape index (κ2) is 6.33.